The van der Waals surface area contributed by atoms with Crippen molar-refractivity contribution < 1.29 is 9.90 Å². The molecule has 0 radical (unpaired) electrons. The number of likely N-dealkylation sites (tertiary alicyclic amines) is 1. The van der Waals surface area contributed by atoms with E-state index in [0.29, 0.717) is 31.0 Å². The first kappa shape index (κ1) is 19.5. The molecule has 0 unspecified atom stereocenters. The first-order chi connectivity index (χ1) is 14.1. The summed E-state index contributed by atoms with van der Waals surface area (Å²) in [5.74, 6) is -0.457. The second kappa shape index (κ2) is 8.69. The number of aliphatic hydroxyl groups excluding tert-OH is 1. The van der Waals surface area contributed by atoms with Crippen LogP contribution in [0, 0.1) is 0 Å². The maximum atomic E-state index is 12.6. The van der Waals surface area contributed by atoms with Gasteiger partial charge in [0.2, 0.25) is 0 Å². The summed E-state index contributed by atoms with van der Waals surface area (Å²) in [5.41, 5.74) is 0.746. The molecule has 1 aromatic carbocycles. The Bertz CT molecular complexity index is 1080. The van der Waals surface area contributed by atoms with Crippen molar-refractivity contribution >= 4 is 28.3 Å². The van der Waals surface area contributed by atoms with Crippen LogP contribution in [0.3, 0.4) is 0 Å². The van der Waals surface area contributed by atoms with Crippen molar-refractivity contribution in [1.29, 1.82) is 0 Å². The molecule has 4 rings (SSSR count). The molecule has 0 bridgehead atoms. The Labute approximate surface area is 171 Å². The van der Waals surface area contributed by atoms with Gasteiger partial charge in [-0.1, -0.05) is 42.5 Å². The number of carbonyl (C=O) groups is 1. The molecule has 2 atom stereocenters. The van der Waals surface area contributed by atoms with Crippen LogP contribution in [-0.2, 0) is 0 Å². The zero-order valence-corrected chi connectivity index (χ0v) is 16.6. The van der Waals surface area contributed by atoms with Gasteiger partial charge >= 0.3 is 0 Å². The van der Waals surface area contributed by atoms with E-state index in [2.05, 4.69) is 15.2 Å². The molecule has 150 valence electrons. The van der Waals surface area contributed by atoms with Crippen LogP contribution in [0.15, 0.2) is 59.0 Å². The molecule has 2 N–H and O–H groups in total. The number of rotatable bonds is 5. The number of amides is 1. The zero-order chi connectivity index (χ0) is 20.2. The van der Waals surface area contributed by atoms with E-state index in [1.807, 2.05) is 42.5 Å². The molecule has 1 aliphatic rings. The van der Waals surface area contributed by atoms with Crippen molar-refractivity contribution in [1.82, 2.24) is 19.6 Å². The third-order valence-corrected chi connectivity index (χ3v) is 5.67. The summed E-state index contributed by atoms with van der Waals surface area (Å²) in [6.07, 6.45) is 6.95. The van der Waals surface area contributed by atoms with E-state index < -0.39 is 12.0 Å². The Hall–Kier alpha value is -2.81. The number of nitrogens with zero attached hydrogens (tertiary/aromatic N) is 3. The highest BCUT2D eigenvalue weighted by molar-refractivity contribution is 7.15. The number of hydrogen-bond donors (Lipinski definition) is 2. The van der Waals surface area contributed by atoms with E-state index in [9.17, 15) is 14.7 Å². The fourth-order valence-electron chi connectivity index (χ4n) is 3.56. The van der Waals surface area contributed by atoms with Crippen molar-refractivity contribution in [2.45, 2.75) is 18.6 Å². The van der Waals surface area contributed by atoms with Crippen LogP contribution in [0.1, 0.15) is 22.3 Å². The Morgan fingerprint density at radius 2 is 2.14 bits per heavy atom. The minimum Gasteiger partial charge on any atom is -0.392 e. The first-order valence-corrected chi connectivity index (χ1v) is 10.4. The molecule has 0 aliphatic carbocycles. The normalized spacial score (nSPS) is 20.3. The van der Waals surface area contributed by atoms with Gasteiger partial charge in [0.15, 0.2) is 4.96 Å². The smallest absolute Gasteiger partial charge is 0.271 e. The molecule has 1 fully saturated rings. The maximum absolute atomic E-state index is 12.6. The summed E-state index contributed by atoms with van der Waals surface area (Å²) >= 11 is 1.34. The van der Waals surface area contributed by atoms with Gasteiger partial charge in [0.05, 0.1) is 6.10 Å². The van der Waals surface area contributed by atoms with Crippen LogP contribution in [-0.4, -0.2) is 57.1 Å². The van der Waals surface area contributed by atoms with Crippen LogP contribution in [0.5, 0.6) is 0 Å². The number of nitrogens with one attached hydrogen (secondary N) is 1. The average Bonchev–Trinajstić information content (AvgIpc) is 3.18. The fourth-order valence-corrected chi connectivity index (χ4v) is 4.24. The molecular formula is C21H22N4O3S. The van der Waals surface area contributed by atoms with Crippen LogP contribution in [0.25, 0.3) is 11.0 Å². The third kappa shape index (κ3) is 4.61. The van der Waals surface area contributed by atoms with Crippen LogP contribution >= 0.6 is 11.3 Å². The fraction of sp³-hybridized carbons (Fsp3) is 0.286. The average molecular weight is 410 g/mol. The molecule has 3 heterocycles. The molecular weight excluding hydrogens is 388 g/mol. The topological polar surface area (TPSA) is 86.9 Å². The van der Waals surface area contributed by atoms with Crippen molar-refractivity contribution in [2.75, 3.05) is 19.6 Å². The predicted octanol–water partition coefficient (Wildman–Crippen LogP) is 1.63. The molecule has 7 nitrogen and oxygen atoms in total. The first-order valence-electron chi connectivity index (χ1n) is 9.48. The Balaban J connectivity index is 1.40. The van der Waals surface area contributed by atoms with Gasteiger partial charge in [-0.25, -0.2) is 4.98 Å². The van der Waals surface area contributed by atoms with E-state index in [1.165, 1.54) is 21.9 Å². The summed E-state index contributed by atoms with van der Waals surface area (Å²) in [5, 5.41) is 14.9. The Morgan fingerprint density at radius 3 is 2.97 bits per heavy atom. The van der Waals surface area contributed by atoms with Crippen molar-refractivity contribution in [3.05, 3.63) is 75.7 Å². The number of β-amino-alcohol motifs (C(OH)–C–C–N with tert-alkyl or cyclic N) is 1. The lowest BCUT2D eigenvalue weighted by Crippen LogP contribution is -2.53. The summed E-state index contributed by atoms with van der Waals surface area (Å²) < 4.78 is 1.37. The largest absolute Gasteiger partial charge is 0.392 e. The molecule has 1 amide bonds. The highest BCUT2D eigenvalue weighted by Crippen LogP contribution is 2.12. The van der Waals surface area contributed by atoms with Crippen molar-refractivity contribution in [3.8, 4) is 0 Å². The van der Waals surface area contributed by atoms with Crippen LogP contribution in [0.4, 0.5) is 0 Å². The summed E-state index contributed by atoms with van der Waals surface area (Å²) in [4.78, 5) is 31.9. The number of aliphatic hydroxyl groups is 1. The summed E-state index contributed by atoms with van der Waals surface area (Å²) in [7, 11) is 0. The standard InChI is InChI=1S/C21H22N4O3S/c26-17-11-16(13-24(14-17)8-4-7-15-5-2-1-3-6-15)23-19(27)18-12-22-21-25(20(18)28)9-10-29-21/h1-7,9-10,12,16-17,26H,8,11,13-14H2,(H,23,27)/t16-,17+/m0/s1. The number of hydrogen-bond acceptors (Lipinski definition) is 6. The lowest BCUT2D eigenvalue weighted by molar-refractivity contribution is 0.0544. The Kier molecular flexibility index (Phi) is 5.84. The molecule has 8 heteroatoms. The second-order valence-electron chi connectivity index (χ2n) is 7.12. The van der Waals surface area contributed by atoms with Gasteiger partial charge in [-0.2, -0.15) is 0 Å². The number of carbonyl (C=O) groups excluding carboxylic acids is 1. The molecule has 0 spiro atoms. The van der Waals surface area contributed by atoms with Gasteiger partial charge in [0.1, 0.15) is 5.56 Å². The highest BCUT2D eigenvalue weighted by atomic mass is 32.1. The van der Waals surface area contributed by atoms with E-state index in [4.69, 9.17) is 0 Å². The van der Waals surface area contributed by atoms with Gasteiger partial charge in [0, 0.05) is 43.4 Å². The minimum absolute atomic E-state index is 0.0106. The number of benzene rings is 1. The zero-order valence-electron chi connectivity index (χ0n) is 15.8. The van der Waals surface area contributed by atoms with Gasteiger partial charge in [-0.05, 0) is 12.0 Å². The molecule has 3 aromatic rings. The molecule has 0 saturated carbocycles. The molecule has 1 saturated heterocycles. The van der Waals surface area contributed by atoms with E-state index in [1.54, 1.807) is 11.6 Å². The van der Waals surface area contributed by atoms with Gasteiger partial charge < -0.3 is 10.4 Å². The van der Waals surface area contributed by atoms with Gasteiger partial charge in [-0.15, -0.1) is 11.3 Å². The van der Waals surface area contributed by atoms with Crippen LogP contribution < -0.4 is 10.9 Å². The number of fused-ring (bicyclic) bond motifs is 1. The molecule has 2 aromatic heterocycles. The van der Waals surface area contributed by atoms with Gasteiger partial charge in [-0.3, -0.25) is 18.9 Å². The highest BCUT2D eigenvalue weighted by Gasteiger charge is 2.27. The monoisotopic (exact) mass is 410 g/mol. The predicted molar refractivity (Wildman–Crippen MR) is 113 cm³/mol. The minimum atomic E-state index is -0.530. The van der Waals surface area contributed by atoms with Crippen LogP contribution in [0.2, 0.25) is 0 Å². The lowest BCUT2D eigenvalue weighted by Gasteiger charge is -2.35. The van der Waals surface area contributed by atoms with Crippen molar-refractivity contribution in [2.24, 2.45) is 0 Å². The maximum Gasteiger partial charge on any atom is 0.271 e. The summed E-state index contributed by atoms with van der Waals surface area (Å²) in [6, 6.07) is 9.77. The Morgan fingerprint density at radius 1 is 1.31 bits per heavy atom. The number of thiazole rings is 1. The number of piperidine rings is 1. The second-order valence-corrected chi connectivity index (χ2v) is 8.00. The van der Waals surface area contributed by atoms with Crippen molar-refractivity contribution in [3.63, 3.8) is 0 Å². The quantitative estimate of drug-likeness (QED) is 0.668. The summed E-state index contributed by atoms with van der Waals surface area (Å²) in [6.45, 7) is 1.83. The SMILES string of the molecule is O=C(N[C@H]1C[C@@H](O)CN(CC=Cc2ccccc2)C1)c1cnc2sccn2c1=O. The third-order valence-electron chi connectivity index (χ3n) is 4.90. The van der Waals surface area contributed by atoms with Gasteiger partial charge in [0.25, 0.3) is 11.5 Å². The van der Waals surface area contributed by atoms with E-state index in [-0.39, 0.29) is 17.2 Å². The molecule has 29 heavy (non-hydrogen) atoms. The van der Waals surface area contributed by atoms with E-state index in [0.717, 1.165) is 5.56 Å². The number of aromatic nitrogens is 2. The molecule has 1 aliphatic heterocycles. The van der Waals surface area contributed by atoms with E-state index >= 15 is 0 Å². The lowest BCUT2D eigenvalue weighted by atomic mass is 10.0.